The highest BCUT2D eigenvalue weighted by Crippen LogP contribution is 2.30. The van der Waals surface area contributed by atoms with E-state index in [4.69, 9.17) is 9.47 Å². The fourth-order valence-electron chi connectivity index (χ4n) is 2.24. The number of rotatable bonds is 7. The fourth-order valence-corrected chi connectivity index (χ4v) is 3.38. The van der Waals surface area contributed by atoms with Gasteiger partial charge >= 0.3 is 0 Å². The van der Waals surface area contributed by atoms with E-state index in [1.807, 2.05) is 5.32 Å². The third-order valence-electron chi connectivity index (χ3n) is 3.66. The molecule has 0 aliphatic carbocycles. The minimum atomic E-state index is -4.05. The van der Waals surface area contributed by atoms with Crippen molar-refractivity contribution in [2.75, 3.05) is 33.1 Å². The van der Waals surface area contributed by atoms with Crippen LogP contribution in [0.3, 0.4) is 0 Å². The summed E-state index contributed by atoms with van der Waals surface area (Å²) in [7, 11) is -0.122. The molecule has 0 bridgehead atoms. The zero-order valence-corrected chi connectivity index (χ0v) is 15.6. The highest BCUT2D eigenvalue weighted by Gasteiger charge is 2.25. The zero-order valence-electron chi connectivity index (χ0n) is 14.8. The molecule has 1 amide bonds. The maximum absolute atomic E-state index is 13.6. The minimum absolute atomic E-state index is 0.132. The van der Waals surface area contributed by atoms with Gasteiger partial charge in [-0.15, -0.1) is 0 Å². The van der Waals surface area contributed by atoms with Gasteiger partial charge in [0.2, 0.25) is 15.9 Å². The largest absolute Gasteiger partial charge is 0.493 e. The number of carbonyl (C=O) groups excluding carboxylic acids is 1. The van der Waals surface area contributed by atoms with Gasteiger partial charge in [-0.1, -0.05) is 6.07 Å². The van der Waals surface area contributed by atoms with Crippen LogP contribution in [-0.2, 0) is 14.8 Å². The van der Waals surface area contributed by atoms with Crippen LogP contribution in [0.25, 0.3) is 0 Å². The number of amides is 1. The van der Waals surface area contributed by atoms with Gasteiger partial charge in [-0.3, -0.25) is 4.79 Å². The molecule has 0 heterocycles. The van der Waals surface area contributed by atoms with Crippen LogP contribution in [0.2, 0.25) is 0 Å². The number of sulfonamides is 1. The summed E-state index contributed by atoms with van der Waals surface area (Å²) < 4.78 is 63.3. The van der Waals surface area contributed by atoms with Gasteiger partial charge in [0.25, 0.3) is 0 Å². The van der Waals surface area contributed by atoms with Gasteiger partial charge in [-0.05, 0) is 24.3 Å². The molecule has 0 aliphatic heterocycles. The van der Waals surface area contributed by atoms with Gasteiger partial charge < -0.3 is 14.8 Å². The average molecular weight is 400 g/mol. The SMILES string of the molecule is COc1ccc(S(=O)(=O)N(C)CC(=O)Nc2c(F)cccc2F)cc1OC. The summed E-state index contributed by atoms with van der Waals surface area (Å²) in [6.45, 7) is -0.648. The molecule has 10 heteroatoms. The normalized spacial score (nSPS) is 11.3. The molecule has 146 valence electrons. The zero-order chi connectivity index (χ0) is 20.2. The van der Waals surface area contributed by atoms with E-state index in [-0.39, 0.29) is 10.6 Å². The Morgan fingerprint density at radius 3 is 2.22 bits per heavy atom. The summed E-state index contributed by atoms with van der Waals surface area (Å²) >= 11 is 0. The summed E-state index contributed by atoms with van der Waals surface area (Å²) in [6.07, 6.45) is 0. The predicted molar refractivity (Wildman–Crippen MR) is 94.3 cm³/mol. The first kappa shape index (κ1) is 20.6. The van der Waals surface area contributed by atoms with Gasteiger partial charge in [0.15, 0.2) is 11.5 Å². The lowest BCUT2D eigenvalue weighted by molar-refractivity contribution is -0.116. The molecule has 0 atom stereocenters. The molecule has 2 aromatic rings. The Morgan fingerprint density at radius 1 is 1.07 bits per heavy atom. The minimum Gasteiger partial charge on any atom is -0.493 e. The van der Waals surface area contributed by atoms with Crippen molar-refractivity contribution in [3.63, 3.8) is 0 Å². The number of halogens is 2. The molecule has 0 spiro atoms. The number of hydrogen-bond donors (Lipinski definition) is 1. The quantitative estimate of drug-likeness (QED) is 0.771. The summed E-state index contributed by atoms with van der Waals surface area (Å²) in [5.74, 6) is -2.29. The highest BCUT2D eigenvalue weighted by atomic mass is 32.2. The van der Waals surface area contributed by atoms with Gasteiger partial charge in [0.05, 0.1) is 25.7 Å². The van der Waals surface area contributed by atoms with Crippen molar-refractivity contribution < 1.29 is 31.5 Å². The first-order valence-electron chi connectivity index (χ1n) is 7.63. The molecule has 7 nitrogen and oxygen atoms in total. The van der Waals surface area contributed by atoms with E-state index in [9.17, 15) is 22.0 Å². The lowest BCUT2D eigenvalue weighted by Crippen LogP contribution is -2.35. The Balaban J connectivity index is 2.19. The molecule has 0 fully saturated rings. The van der Waals surface area contributed by atoms with E-state index in [0.29, 0.717) is 5.75 Å². The molecule has 1 N–H and O–H groups in total. The summed E-state index contributed by atoms with van der Waals surface area (Å²) in [5.41, 5.74) is -0.639. The van der Waals surface area contributed by atoms with E-state index in [1.54, 1.807) is 0 Å². The Morgan fingerprint density at radius 2 is 1.67 bits per heavy atom. The number of benzene rings is 2. The molecular weight excluding hydrogens is 382 g/mol. The van der Waals surface area contributed by atoms with Crippen LogP contribution in [0.1, 0.15) is 0 Å². The highest BCUT2D eigenvalue weighted by molar-refractivity contribution is 7.89. The molecule has 0 radical (unpaired) electrons. The number of para-hydroxylation sites is 1. The van der Waals surface area contributed by atoms with Crippen LogP contribution in [0, 0.1) is 11.6 Å². The number of likely N-dealkylation sites (N-methyl/N-ethyl adjacent to an activating group) is 1. The van der Waals surface area contributed by atoms with Gasteiger partial charge in [0.1, 0.15) is 17.3 Å². The van der Waals surface area contributed by atoms with Crippen molar-refractivity contribution in [1.82, 2.24) is 4.31 Å². The first-order chi connectivity index (χ1) is 12.7. The molecule has 0 saturated carbocycles. The van der Waals surface area contributed by atoms with Crippen LogP contribution in [0.4, 0.5) is 14.5 Å². The molecule has 2 aromatic carbocycles. The van der Waals surface area contributed by atoms with Gasteiger partial charge in [-0.2, -0.15) is 4.31 Å². The smallest absolute Gasteiger partial charge is 0.243 e. The van der Waals surface area contributed by atoms with Crippen molar-refractivity contribution in [3.8, 4) is 11.5 Å². The number of anilines is 1. The predicted octanol–water partition coefficient (Wildman–Crippen LogP) is 2.24. The summed E-state index contributed by atoms with van der Waals surface area (Å²) in [4.78, 5) is 11.9. The Hall–Kier alpha value is -2.72. The average Bonchev–Trinajstić information content (AvgIpc) is 2.64. The van der Waals surface area contributed by atoms with Crippen molar-refractivity contribution in [2.45, 2.75) is 4.90 Å². The second-order valence-electron chi connectivity index (χ2n) is 5.42. The lowest BCUT2D eigenvalue weighted by Gasteiger charge is -2.18. The fraction of sp³-hybridized carbons (Fsp3) is 0.235. The van der Waals surface area contributed by atoms with Crippen LogP contribution in [0.15, 0.2) is 41.3 Å². The number of ether oxygens (including phenoxy) is 2. The third-order valence-corrected chi connectivity index (χ3v) is 5.46. The van der Waals surface area contributed by atoms with E-state index >= 15 is 0 Å². The van der Waals surface area contributed by atoms with Crippen molar-refractivity contribution in [1.29, 1.82) is 0 Å². The van der Waals surface area contributed by atoms with E-state index in [0.717, 1.165) is 22.5 Å². The monoisotopic (exact) mass is 400 g/mol. The van der Waals surface area contributed by atoms with Gasteiger partial charge in [0, 0.05) is 13.1 Å². The molecule has 27 heavy (non-hydrogen) atoms. The maximum Gasteiger partial charge on any atom is 0.243 e. The molecule has 0 aliphatic rings. The summed E-state index contributed by atoms with van der Waals surface area (Å²) in [5, 5.41) is 2.03. The Bertz CT molecular complexity index is 930. The molecule has 2 rings (SSSR count). The first-order valence-corrected chi connectivity index (χ1v) is 9.07. The van der Waals surface area contributed by atoms with Crippen molar-refractivity contribution >= 4 is 21.6 Å². The van der Waals surface area contributed by atoms with E-state index in [2.05, 4.69) is 0 Å². The van der Waals surface area contributed by atoms with Crippen molar-refractivity contribution in [3.05, 3.63) is 48.0 Å². The van der Waals surface area contributed by atoms with E-state index in [1.165, 1.54) is 39.5 Å². The maximum atomic E-state index is 13.6. The second-order valence-corrected chi connectivity index (χ2v) is 7.47. The topological polar surface area (TPSA) is 84.9 Å². The van der Waals surface area contributed by atoms with Crippen LogP contribution >= 0.6 is 0 Å². The molecule has 0 unspecified atom stereocenters. The number of methoxy groups -OCH3 is 2. The van der Waals surface area contributed by atoms with Crippen molar-refractivity contribution in [2.24, 2.45) is 0 Å². The molecular formula is C17H18F2N2O5S. The lowest BCUT2D eigenvalue weighted by atomic mass is 10.3. The van der Waals surface area contributed by atoms with Crippen LogP contribution < -0.4 is 14.8 Å². The second kappa shape index (κ2) is 8.31. The van der Waals surface area contributed by atoms with Gasteiger partial charge in [-0.25, -0.2) is 17.2 Å². The standard InChI is InChI=1S/C17H18F2N2O5S/c1-21(10-16(22)20-17-12(18)5-4-6-13(17)19)27(23,24)11-7-8-14(25-2)15(9-11)26-3/h4-9H,10H2,1-3H3,(H,20,22). The molecule has 0 aromatic heterocycles. The Kier molecular flexibility index (Phi) is 6.34. The number of carbonyl (C=O) groups is 1. The third kappa shape index (κ3) is 4.52. The number of nitrogens with zero attached hydrogens (tertiary/aromatic N) is 1. The van der Waals surface area contributed by atoms with Crippen LogP contribution in [0.5, 0.6) is 11.5 Å². The number of hydrogen-bond acceptors (Lipinski definition) is 5. The van der Waals surface area contributed by atoms with Crippen LogP contribution in [-0.4, -0.2) is 46.4 Å². The van der Waals surface area contributed by atoms with E-state index < -0.39 is 39.8 Å². The molecule has 0 saturated heterocycles. The Labute approximate surface area is 155 Å². The number of nitrogens with one attached hydrogen (secondary N) is 1. The summed E-state index contributed by atoms with van der Waals surface area (Å²) in [6, 6.07) is 7.05.